The minimum atomic E-state index is -0.606. The first-order valence-electron chi connectivity index (χ1n) is 13.4. The van der Waals surface area contributed by atoms with E-state index in [2.05, 4.69) is 46.9 Å². The van der Waals surface area contributed by atoms with Crippen molar-refractivity contribution in [1.82, 2.24) is 5.16 Å². The van der Waals surface area contributed by atoms with Gasteiger partial charge in [0.05, 0.1) is 19.7 Å². The molecule has 3 saturated heterocycles. The first kappa shape index (κ1) is 28.0. The van der Waals surface area contributed by atoms with Crippen molar-refractivity contribution >= 4 is 23.4 Å². The minimum absolute atomic E-state index is 0.000317. The average molecular weight is 535 g/mol. The van der Waals surface area contributed by atoms with Gasteiger partial charge in [-0.3, -0.25) is 9.59 Å². The highest BCUT2D eigenvalue weighted by Crippen LogP contribution is 2.35. The molecule has 9 heteroatoms. The quantitative estimate of drug-likeness (QED) is 0.243. The first-order valence-corrected chi connectivity index (χ1v) is 13.4. The number of esters is 2. The molecule has 1 atom stereocenters. The van der Waals surface area contributed by atoms with Gasteiger partial charge in [-0.15, -0.1) is 0 Å². The fraction of sp³-hybridized carbons (Fsp3) is 0.400. The summed E-state index contributed by atoms with van der Waals surface area (Å²) in [5, 5.41) is 6.98. The number of fused-ring (bicyclic) bond motifs is 3. The van der Waals surface area contributed by atoms with Gasteiger partial charge < -0.3 is 23.8 Å². The lowest BCUT2D eigenvalue weighted by molar-refractivity contribution is -0.938. The number of ether oxygens (including phenoxy) is 2. The molecule has 3 aromatic rings. The van der Waals surface area contributed by atoms with Crippen molar-refractivity contribution in [2.75, 3.05) is 38.1 Å². The monoisotopic (exact) mass is 534 g/mol. The lowest BCUT2D eigenvalue weighted by atomic mass is 9.83. The third-order valence-electron chi connectivity index (χ3n) is 7.22. The Morgan fingerprint density at radius 2 is 1.69 bits per heavy atom. The van der Waals surface area contributed by atoms with Crippen molar-refractivity contribution in [1.29, 1.82) is 0 Å². The maximum atomic E-state index is 12.6. The summed E-state index contributed by atoms with van der Waals surface area (Å²) < 4.78 is 15.9. The van der Waals surface area contributed by atoms with Gasteiger partial charge in [0.2, 0.25) is 5.76 Å². The van der Waals surface area contributed by atoms with Crippen LogP contribution in [0.4, 0.5) is 5.69 Å². The molecule has 0 radical (unpaired) electrons. The van der Waals surface area contributed by atoms with E-state index in [9.17, 15) is 14.4 Å². The van der Waals surface area contributed by atoms with E-state index in [1.807, 2.05) is 24.3 Å². The van der Waals surface area contributed by atoms with Gasteiger partial charge in [-0.1, -0.05) is 53.7 Å². The van der Waals surface area contributed by atoms with Gasteiger partial charge in [-0.2, -0.15) is 0 Å². The molecule has 2 aromatic carbocycles. The third-order valence-corrected chi connectivity index (χ3v) is 7.22. The number of nitrogens with one attached hydrogen (secondary N) is 1. The van der Waals surface area contributed by atoms with Crippen molar-refractivity contribution in [3.05, 3.63) is 83.7 Å². The van der Waals surface area contributed by atoms with Gasteiger partial charge in [0, 0.05) is 44.0 Å². The number of aromatic nitrogens is 1. The number of quaternary nitrogens is 1. The number of hydrogen-bond donors (Lipinski definition) is 1. The van der Waals surface area contributed by atoms with Crippen molar-refractivity contribution in [3.8, 4) is 0 Å². The zero-order valence-corrected chi connectivity index (χ0v) is 22.5. The standard InChI is InChI=1S/C17H23N2O6.C13H13N/c1-3-23-17(22)13-8-15(25-18-13)14(21)9-19-6-4-12(5-7-19)16(10-19)24-11(2)20;1-3-7-12(8-4-1)11-14-13-9-5-2-6-10-13/h8,12,16H,3-7,9-10H2,1-2H3;1-10,14H,11H2/q+1;. The van der Waals surface area contributed by atoms with E-state index in [1.165, 1.54) is 18.6 Å². The van der Waals surface area contributed by atoms with Crippen molar-refractivity contribution in [2.45, 2.75) is 39.3 Å². The number of piperidine rings is 3. The maximum absolute atomic E-state index is 12.6. The Balaban J connectivity index is 0.000000212. The number of nitrogens with zero attached hydrogens (tertiary/aromatic N) is 2. The van der Waals surface area contributed by atoms with Crippen LogP contribution in [-0.2, 0) is 20.8 Å². The van der Waals surface area contributed by atoms with Crippen LogP contribution in [0.15, 0.2) is 71.3 Å². The van der Waals surface area contributed by atoms with Crippen LogP contribution in [0.25, 0.3) is 0 Å². The third kappa shape index (κ3) is 7.77. The minimum Gasteiger partial charge on any atom is -0.461 e. The normalized spacial score (nSPS) is 21.3. The molecule has 0 aliphatic carbocycles. The molecule has 4 heterocycles. The highest BCUT2D eigenvalue weighted by Gasteiger charge is 2.48. The van der Waals surface area contributed by atoms with E-state index in [0.29, 0.717) is 16.9 Å². The van der Waals surface area contributed by atoms with Gasteiger partial charge in [0.1, 0.15) is 13.1 Å². The second-order valence-corrected chi connectivity index (χ2v) is 10.0. The molecule has 1 unspecified atom stereocenters. The summed E-state index contributed by atoms with van der Waals surface area (Å²) in [7, 11) is 0. The molecule has 3 aliphatic rings. The van der Waals surface area contributed by atoms with Crippen LogP contribution in [0, 0.1) is 5.92 Å². The fourth-order valence-electron chi connectivity index (χ4n) is 5.24. The second kappa shape index (κ2) is 13.2. The molecule has 0 amide bonds. The summed E-state index contributed by atoms with van der Waals surface area (Å²) in [5.41, 5.74) is 2.47. The van der Waals surface area contributed by atoms with Crippen LogP contribution in [0.5, 0.6) is 0 Å². The molecule has 1 aromatic heterocycles. The highest BCUT2D eigenvalue weighted by atomic mass is 16.5. The summed E-state index contributed by atoms with van der Waals surface area (Å²) >= 11 is 0. The van der Waals surface area contributed by atoms with Gasteiger partial charge >= 0.3 is 11.9 Å². The smallest absolute Gasteiger partial charge is 0.360 e. The summed E-state index contributed by atoms with van der Waals surface area (Å²) in [5.74, 6) is -0.638. The molecule has 1 N–H and O–H groups in total. The SMILES string of the molecule is CCOC(=O)c1cc(C(=O)C[N+]23CCC(CC2)C(OC(C)=O)C3)on1.c1ccc(CNc2ccccc2)cc1. The number of benzene rings is 2. The van der Waals surface area contributed by atoms with Crippen LogP contribution < -0.4 is 5.32 Å². The van der Waals surface area contributed by atoms with Crippen LogP contribution in [-0.4, -0.2) is 66.3 Å². The predicted octanol–water partition coefficient (Wildman–Crippen LogP) is 4.50. The Morgan fingerprint density at radius 1 is 1.03 bits per heavy atom. The molecule has 0 saturated carbocycles. The molecule has 2 bridgehead atoms. The van der Waals surface area contributed by atoms with Crippen molar-refractivity contribution in [2.24, 2.45) is 5.92 Å². The number of rotatable bonds is 9. The van der Waals surface area contributed by atoms with E-state index >= 15 is 0 Å². The summed E-state index contributed by atoms with van der Waals surface area (Å²) in [6, 6.07) is 22.0. The van der Waals surface area contributed by atoms with Crippen LogP contribution in [0.3, 0.4) is 0 Å². The van der Waals surface area contributed by atoms with Crippen LogP contribution >= 0.6 is 0 Å². The van der Waals surface area contributed by atoms with E-state index in [4.69, 9.17) is 14.0 Å². The van der Waals surface area contributed by atoms with Gasteiger partial charge in [-0.25, -0.2) is 4.79 Å². The van der Waals surface area contributed by atoms with Gasteiger partial charge in [0.25, 0.3) is 5.78 Å². The summed E-state index contributed by atoms with van der Waals surface area (Å²) in [4.78, 5) is 35.5. The van der Waals surface area contributed by atoms with Crippen molar-refractivity contribution in [3.63, 3.8) is 0 Å². The molecule has 9 nitrogen and oxygen atoms in total. The first-order chi connectivity index (χ1) is 18.9. The van der Waals surface area contributed by atoms with Gasteiger partial charge in [-0.05, 0) is 24.6 Å². The Bertz CT molecular complexity index is 1200. The number of carbonyl (C=O) groups excluding carboxylic acids is 3. The largest absolute Gasteiger partial charge is 0.461 e. The Kier molecular flexibility index (Phi) is 9.49. The number of carbonyl (C=O) groups is 3. The van der Waals surface area contributed by atoms with E-state index in [-0.39, 0.29) is 42.5 Å². The zero-order valence-electron chi connectivity index (χ0n) is 22.5. The van der Waals surface area contributed by atoms with E-state index in [0.717, 1.165) is 38.2 Å². The molecule has 39 heavy (non-hydrogen) atoms. The van der Waals surface area contributed by atoms with E-state index in [1.54, 1.807) is 6.92 Å². The zero-order chi connectivity index (χ0) is 27.7. The van der Waals surface area contributed by atoms with Gasteiger partial charge in [0.15, 0.2) is 11.8 Å². The Labute approximate surface area is 228 Å². The topological polar surface area (TPSA) is 108 Å². The molecule has 206 valence electrons. The average Bonchev–Trinajstić information content (AvgIpc) is 3.45. The number of anilines is 1. The second-order valence-electron chi connectivity index (χ2n) is 10.0. The lowest BCUT2D eigenvalue weighted by Gasteiger charge is -2.51. The summed E-state index contributed by atoms with van der Waals surface area (Å²) in [6.45, 7) is 6.88. The van der Waals surface area contributed by atoms with E-state index < -0.39 is 5.97 Å². The highest BCUT2D eigenvalue weighted by molar-refractivity contribution is 5.97. The summed E-state index contributed by atoms with van der Waals surface area (Å²) in [6.07, 6.45) is 1.75. The van der Waals surface area contributed by atoms with Crippen LogP contribution in [0.1, 0.15) is 53.3 Å². The fourth-order valence-corrected chi connectivity index (χ4v) is 5.24. The molecular weight excluding hydrogens is 498 g/mol. The number of Topliss-reactive ketones (excluding diaryl/α,β-unsaturated/α-hetero) is 1. The predicted molar refractivity (Wildman–Crippen MR) is 145 cm³/mol. The Hall–Kier alpha value is -3.98. The molecule has 3 aliphatic heterocycles. The van der Waals surface area contributed by atoms with Crippen molar-refractivity contribution < 1.29 is 32.9 Å². The van der Waals surface area contributed by atoms with Crippen LogP contribution in [0.2, 0.25) is 0 Å². The molecule has 3 fully saturated rings. The lowest BCUT2D eigenvalue weighted by Crippen LogP contribution is -2.65. The molecule has 6 rings (SSSR count). The molecule has 0 spiro atoms. The number of para-hydroxylation sites is 1. The Morgan fingerprint density at radius 3 is 2.33 bits per heavy atom. The maximum Gasteiger partial charge on any atom is 0.360 e. The molecular formula is C30H36N3O6+. The number of hydrogen-bond acceptors (Lipinski definition) is 8. The number of ketones is 1.